The molecular formula is C24H21F3N2O2. The Labute approximate surface area is 178 Å². The molecule has 31 heavy (non-hydrogen) atoms. The zero-order valence-electron chi connectivity index (χ0n) is 16.9. The molecule has 0 bridgehead atoms. The molecule has 0 N–H and O–H groups in total. The van der Waals surface area contributed by atoms with E-state index in [0.717, 1.165) is 18.1 Å². The number of ether oxygens (including phenoxy) is 1. The molecule has 4 rings (SSSR count). The predicted molar refractivity (Wildman–Crippen MR) is 111 cm³/mol. The van der Waals surface area contributed by atoms with Crippen LogP contribution in [0.4, 0.5) is 13.2 Å². The van der Waals surface area contributed by atoms with Crippen LogP contribution in [0.2, 0.25) is 0 Å². The highest BCUT2D eigenvalue weighted by Gasteiger charge is 2.34. The maximum Gasteiger partial charge on any atom is 0.419 e. The van der Waals surface area contributed by atoms with Gasteiger partial charge in [0, 0.05) is 37.0 Å². The minimum Gasteiger partial charge on any atom is -0.496 e. The Hall–Kier alpha value is -3.35. The van der Waals surface area contributed by atoms with E-state index in [1.165, 1.54) is 13.2 Å². The molecule has 160 valence electrons. The van der Waals surface area contributed by atoms with E-state index in [0.29, 0.717) is 29.8 Å². The summed E-state index contributed by atoms with van der Waals surface area (Å²) in [6.45, 7) is 1.28. The number of alkyl halides is 3. The lowest BCUT2D eigenvalue weighted by atomic mass is 10.00. The third-order valence-electron chi connectivity index (χ3n) is 5.60. The molecule has 4 nitrogen and oxygen atoms in total. The lowest BCUT2D eigenvalue weighted by Gasteiger charge is -2.17. The van der Waals surface area contributed by atoms with Crippen molar-refractivity contribution in [2.45, 2.75) is 18.5 Å². The summed E-state index contributed by atoms with van der Waals surface area (Å²) in [5.41, 5.74) is 1.81. The van der Waals surface area contributed by atoms with Gasteiger partial charge in [-0.3, -0.25) is 9.78 Å². The minimum absolute atomic E-state index is 0.0800. The topological polar surface area (TPSA) is 42.4 Å². The number of pyridine rings is 1. The van der Waals surface area contributed by atoms with E-state index in [1.54, 1.807) is 36.5 Å². The van der Waals surface area contributed by atoms with E-state index < -0.39 is 11.7 Å². The van der Waals surface area contributed by atoms with Crippen molar-refractivity contribution in [3.05, 3.63) is 83.7 Å². The summed E-state index contributed by atoms with van der Waals surface area (Å²) in [5.74, 6) is -0.0408. The van der Waals surface area contributed by atoms with Crippen molar-refractivity contribution in [1.82, 2.24) is 9.88 Å². The summed E-state index contributed by atoms with van der Waals surface area (Å²) in [7, 11) is 1.21. The van der Waals surface area contributed by atoms with Crippen LogP contribution < -0.4 is 4.74 Å². The van der Waals surface area contributed by atoms with E-state index >= 15 is 0 Å². The van der Waals surface area contributed by atoms with Gasteiger partial charge in [-0.1, -0.05) is 24.3 Å². The number of methoxy groups -OCH3 is 1. The lowest BCUT2D eigenvalue weighted by molar-refractivity contribution is -0.138. The van der Waals surface area contributed by atoms with Gasteiger partial charge in [0.05, 0.1) is 12.7 Å². The van der Waals surface area contributed by atoms with Gasteiger partial charge in [0.15, 0.2) is 0 Å². The van der Waals surface area contributed by atoms with Crippen molar-refractivity contribution in [2.24, 2.45) is 0 Å². The summed E-state index contributed by atoms with van der Waals surface area (Å²) in [6.07, 6.45) is -0.0830. The van der Waals surface area contributed by atoms with Crippen molar-refractivity contribution < 1.29 is 22.7 Å². The van der Waals surface area contributed by atoms with Crippen LogP contribution >= 0.6 is 0 Å². The van der Waals surface area contributed by atoms with Gasteiger partial charge in [0.1, 0.15) is 5.75 Å². The van der Waals surface area contributed by atoms with Crippen molar-refractivity contribution in [3.8, 4) is 16.9 Å². The summed E-state index contributed by atoms with van der Waals surface area (Å²) in [6, 6.07) is 14.5. The average molecular weight is 426 g/mol. The molecule has 1 fully saturated rings. The number of hydrogen-bond donors (Lipinski definition) is 0. The SMILES string of the molecule is COc1ccc(-c2ccc(C(=O)N3CCC(c4cccnc4)C3)cc2)cc1C(F)(F)F. The first-order chi connectivity index (χ1) is 14.9. The van der Waals surface area contributed by atoms with Gasteiger partial charge < -0.3 is 9.64 Å². The number of aromatic nitrogens is 1. The molecule has 2 heterocycles. The molecule has 1 aromatic heterocycles. The Morgan fingerprint density at radius 2 is 1.84 bits per heavy atom. The first-order valence-electron chi connectivity index (χ1n) is 9.91. The highest BCUT2D eigenvalue weighted by atomic mass is 19.4. The minimum atomic E-state index is -4.52. The van der Waals surface area contributed by atoms with Crippen molar-refractivity contribution >= 4 is 5.91 Å². The molecular weight excluding hydrogens is 405 g/mol. The Balaban J connectivity index is 1.50. The summed E-state index contributed by atoms with van der Waals surface area (Å²) >= 11 is 0. The first-order valence-corrected chi connectivity index (χ1v) is 9.91. The van der Waals surface area contributed by atoms with Crippen molar-refractivity contribution in [3.63, 3.8) is 0 Å². The fourth-order valence-electron chi connectivity index (χ4n) is 3.93. The zero-order chi connectivity index (χ0) is 22.0. The number of rotatable bonds is 4. The van der Waals surface area contributed by atoms with Gasteiger partial charge >= 0.3 is 6.18 Å². The van der Waals surface area contributed by atoms with Gasteiger partial charge in [0.25, 0.3) is 5.91 Å². The van der Waals surface area contributed by atoms with Crippen LogP contribution in [0.5, 0.6) is 5.75 Å². The average Bonchev–Trinajstić information content (AvgIpc) is 3.29. The molecule has 0 radical (unpaired) electrons. The fraction of sp³-hybridized carbons (Fsp3) is 0.250. The molecule has 1 unspecified atom stereocenters. The standard InChI is InChI=1S/C24H21F3N2O2/c1-31-22-9-8-18(13-21(22)24(25,26)27)16-4-6-17(7-5-16)23(30)29-12-10-20(15-29)19-3-2-11-28-14-19/h2-9,11,13-14,20H,10,12,15H2,1H3. The Kier molecular flexibility index (Phi) is 5.67. The van der Waals surface area contributed by atoms with Crippen molar-refractivity contribution in [1.29, 1.82) is 0 Å². The summed E-state index contributed by atoms with van der Waals surface area (Å²) in [5, 5.41) is 0. The Morgan fingerprint density at radius 1 is 1.10 bits per heavy atom. The van der Waals surface area contributed by atoms with Crippen LogP contribution in [0, 0.1) is 0 Å². The quantitative estimate of drug-likeness (QED) is 0.561. The lowest BCUT2D eigenvalue weighted by Crippen LogP contribution is -2.28. The molecule has 1 atom stereocenters. The van der Waals surface area contributed by atoms with E-state index in [1.807, 2.05) is 23.2 Å². The highest BCUT2D eigenvalue weighted by molar-refractivity contribution is 5.95. The molecule has 3 aromatic rings. The van der Waals surface area contributed by atoms with Gasteiger partial charge in [-0.25, -0.2) is 0 Å². The third-order valence-corrected chi connectivity index (χ3v) is 5.60. The second-order valence-corrected chi connectivity index (χ2v) is 7.51. The maximum absolute atomic E-state index is 13.3. The van der Waals surface area contributed by atoms with Crippen LogP contribution in [0.25, 0.3) is 11.1 Å². The van der Waals surface area contributed by atoms with Crippen LogP contribution in [0.15, 0.2) is 67.0 Å². The van der Waals surface area contributed by atoms with E-state index in [4.69, 9.17) is 4.74 Å². The molecule has 0 aliphatic carbocycles. The second kappa shape index (κ2) is 8.41. The Morgan fingerprint density at radius 3 is 2.48 bits per heavy atom. The molecule has 1 saturated heterocycles. The third kappa shape index (κ3) is 4.40. The zero-order valence-corrected chi connectivity index (χ0v) is 16.9. The smallest absolute Gasteiger partial charge is 0.419 e. The normalized spacial score (nSPS) is 16.4. The van der Waals surface area contributed by atoms with Gasteiger partial charge in [-0.2, -0.15) is 13.2 Å². The number of halogens is 3. The van der Waals surface area contributed by atoms with E-state index in [9.17, 15) is 18.0 Å². The molecule has 1 aliphatic heterocycles. The molecule has 2 aromatic carbocycles. The summed E-state index contributed by atoms with van der Waals surface area (Å²) < 4.78 is 44.7. The molecule has 1 amide bonds. The second-order valence-electron chi connectivity index (χ2n) is 7.51. The molecule has 1 aliphatic rings. The fourth-order valence-corrected chi connectivity index (χ4v) is 3.93. The highest BCUT2D eigenvalue weighted by Crippen LogP contribution is 2.38. The van der Waals surface area contributed by atoms with Crippen LogP contribution in [-0.4, -0.2) is 36.0 Å². The monoisotopic (exact) mass is 426 g/mol. The largest absolute Gasteiger partial charge is 0.496 e. The molecule has 0 spiro atoms. The summed E-state index contributed by atoms with van der Waals surface area (Å²) in [4.78, 5) is 18.8. The maximum atomic E-state index is 13.3. The number of likely N-dealkylation sites (tertiary alicyclic amines) is 1. The number of amides is 1. The van der Waals surface area contributed by atoms with Crippen molar-refractivity contribution in [2.75, 3.05) is 20.2 Å². The van der Waals surface area contributed by atoms with Gasteiger partial charge in [0.2, 0.25) is 0 Å². The first kappa shape index (κ1) is 20.9. The van der Waals surface area contributed by atoms with Gasteiger partial charge in [-0.05, 0) is 53.4 Å². The predicted octanol–water partition coefficient (Wildman–Crippen LogP) is 5.41. The number of nitrogens with zero attached hydrogens (tertiary/aromatic N) is 2. The number of benzene rings is 2. The molecule has 7 heteroatoms. The van der Waals surface area contributed by atoms with E-state index in [2.05, 4.69) is 4.98 Å². The van der Waals surface area contributed by atoms with E-state index in [-0.39, 0.29) is 17.6 Å². The number of carbonyl (C=O) groups excluding carboxylic acids is 1. The Bertz CT molecular complexity index is 1070. The van der Waals surface area contributed by atoms with Crippen LogP contribution in [0.1, 0.15) is 33.8 Å². The van der Waals surface area contributed by atoms with Crippen LogP contribution in [-0.2, 0) is 6.18 Å². The van der Waals surface area contributed by atoms with Crippen LogP contribution in [0.3, 0.4) is 0 Å². The van der Waals surface area contributed by atoms with Gasteiger partial charge in [-0.15, -0.1) is 0 Å². The number of hydrogen-bond acceptors (Lipinski definition) is 3. The molecule has 0 saturated carbocycles. The number of carbonyl (C=O) groups is 1.